The van der Waals surface area contributed by atoms with Crippen LogP contribution in [0.4, 0.5) is 48.3 Å². The van der Waals surface area contributed by atoms with Crippen molar-refractivity contribution in [3.8, 4) is 0 Å². The summed E-state index contributed by atoms with van der Waals surface area (Å²) in [5.74, 6) is -37.5. The van der Waals surface area contributed by atoms with E-state index in [0.717, 1.165) is 38.5 Å². The fourth-order valence-corrected chi connectivity index (χ4v) is 4.90. The average molecular weight is 604 g/mol. The van der Waals surface area contributed by atoms with Crippen LogP contribution in [0.25, 0.3) is 0 Å². The second kappa shape index (κ2) is 10.3. The maximum Gasteiger partial charge on any atom is 0.384 e. The van der Waals surface area contributed by atoms with Crippen molar-refractivity contribution >= 4 is 22.6 Å². The Morgan fingerprint density at radius 1 is 0.531 bits per heavy atom. The molecule has 0 aliphatic heterocycles. The van der Waals surface area contributed by atoms with Crippen LogP contribution in [0.5, 0.6) is 0 Å². The van der Waals surface area contributed by atoms with Crippen LogP contribution in [0, 0.1) is 5.92 Å². The van der Waals surface area contributed by atoms with E-state index in [9.17, 15) is 43.9 Å². The first-order chi connectivity index (χ1) is 14.4. The summed E-state index contributed by atoms with van der Waals surface area (Å²) in [6.07, 6.45) is 7.34. The molecule has 1 fully saturated rings. The topological polar surface area (TPSA) is 0 Å². The Labute approximate surface area is 194 Å². The molecule has 2 atom stereocenters. The molecular weight excluding hydrogens is 576 g/mol. The molecule has 1 aliphatic carbocycles. The standard InChI is InChI=1S/C20H28F11I/c1-3-4-5-6-7-8-9-10-11-12-14(32)13(2)15(21)16(22,23)18(26,27)20(30,31)19(28,29)17(15,24)25/h13-14H,3-12H2,1-2H3. The van der Waals surface area contributed by atoms with E-state index in [2.05, 4.69) is 6.92 Å². The van der Waals surface area contributed by atoms with Crippen LogP contribution in [0.3, 0.4) is 0 Å². The molecule has 32 heavy (non-hydrogen) atoms. The lowest BCUT2D eigenvalue weighted by molar-refractivity contribution is -0.490. The lowest BCUT2D eigenvalue weighted by Gasteiger charge is -2.55. The van der Waals surface area contributed by atoms with Gasteiger partial charge in [0.15, 0.2) is 0 Å². The molecule has 2 unspecified atom stereocenters. The molecule has 1 aliphatic rings. The second-order valence-electron chi connectivity index (χ2n) is 8.51. The molecule has 0 bridgehead atoms. The highest BCUT2D eigenvalue weighted by molar-refractivity contribution is 14.1. The third-order valence-corrected chi connectivity index (χ3v) is 7.95. The van der Waals surface area contributed by atoms with E-state index in [1.54, 1.807) is 0 Å². The van der Waals surface area contributed by atoms with Gasteiger partial charge in [0.2, 0.25) is 0 Å². The van der Waals surface area contributed by atoms with Gasteiger partial charge in [-0.1, -0.05) is 94.2 Å². The fourth-order valence-electron chi connectivity index (χ4n) is 3.97. The number of hydrogen-bond acceptors (Lipinski definition) is 0. The highest BCUT2D eigenvalue weighted by Gasteiger charge is 3.01. The van der Waals surface area contributed by atoms with Crippen molar-refractivity contribution in [3.05, 3.63) is 0 Å². The quantitative estimate of drug-likeness (QED) is 0.0902. The van der Waals surface area contributed by atoms with Crippen molar-refractivity contribution in [2.24, 2.45) is 5.92 Å². The summed E-state index contributed by atoms with van der Waals surface area (Å²) in [5, 5.41) is 0. The van der Waals surface area contributed by atoms with Gasteiger partial charge >= 0.3 is 29.6 Å². The van der Waals surface area contributed by atoms with Crippen LogP contribution < -0.4 is 0 Å². The zero-order valence-corrected chi connectivity index (χ0v) is 19.9. The zero-order valence-electron chi connectivity index (χ0n) is 17.8. The molecule has 1 saturated carbocycles. The minimum Gasteiger partial charge on any atom is -0.230 e. The number of rotatable bonds is 12. The van der Waals surface area contributed by atoms with E-state index in [4.69, 9.17) is 0 Å². The predicted octanol–water partition coefficient (Wildman–Crippen LogP) is 9.25. The Morgan fingerprint density at radius 3 is 1.22 bits per heavy atom. The third-order valence-electron chi connectivity index (χ3n) is 6.24. The van der Waals surface area contributed by atoms with Gasteiger partial charge in [-0.2, -0.15) is 43.9 Å². The lowest BCUT2D eigenvalue weighted by atomic mass is 9.66. The third kappa shape index (κ3) is 4.47. The average Bonchev–Trinajstić information content (AvgIpc) is 2.69. The fraction of sp³-hybridized carbons (Fsp3) is 1.00. The molecule has 1 rings (SSSR count). The molecule has 192 valence electrons. The van der Waals surface area contributed by atoms with Crippen LogP contribution in [0.15, 0.2) is 0 Å². The minimum atomic E-state index is -7.15. The number of halogens is 12. The molecule has 0 aromatic carbocycles. The SMILES string of the molecule is CCCCCCCCCCCC(I)C(C)C1(F)C(F)(F)C(F)(F)C(F)(F)C(F)(F)C1(F)F. The van der Waals surface area contributed by atoms with Gasteiger partial charge in [0.25, 0.3) is 5.67 Å². The Bertz CT molecular complexity index is 576. The highest BCUT2D eigenvalue weighted by Crippen LogP contribution is 2.71. The summed E-state index contributed by atoms with van der Waals surface area (Å²) in [5.41, 5.74) is -5.89. The molecule has 0 radical (unpaired) electrons. The maximum atomic E-state index is 15.1. The largest absolute Gasteiger partial charge is 0.384 e. The minimum absolute atomic E-state index is 0.205. The Morgan fingerprint density at radius 2 is 0.844 bits per heavy atom. The van der Waals surface area contributed by atoms with Gasteiger partial charge < -0.3 is 0 Å². The van der Waals surface area contributed by atoms with Gasteiger partial charge in [-0.3, -0.25) is 0 Å². The highest BCUT2D eigenvalue weighted by atomic mass is 127. The monoisotopic (exact) mass is 604 g/mol. The van der Waals surface area contributed by atoms with E-state index in [-0.39, 0.29) is 12.8 Å². The van der Waals surface area contributed by atoms with E-state index in [0.29, 0.717) is 19.8 Å². The van der Waals surface area contributed by atoms with Crippen LogP contribution in [-0.2, 0) is 0 Å². The van der Waals surface area contributed by atoms with Crippen LogP contribution >= 0.6 is 22.6 Å². The van der Waals surface area contributed by atoms with Gasteiger partial charge in [-0.15, -0.1) is 0 Å². The van der Waals surface area contributed by atoms with Gasteiger partial charge in [0.05, 0.1) is 0 Å². The van der Waals surface area contributed by atoms with Crippen molar-refractivity contribution in [1.29, 1.82) is 0 Å². The van der Waals surface area contributed by atoms with Crippen LogP contribution in [0.1, 0.15) is 78.1 Å². The molecule has 0 spiro atoms. The van der Waals surface area contributed by atoms with Crippen molar-refractivity contribution in [1.82, 2.24) is 0 Å². The molecule has 0 aromatic heterocycles. The predicted molar refractivity (Wildman–Crippen MR) is 107 cm³/mol. The van der Waals surface area contributed by atoms with E-state index in [1.165, 1.54) is 22.6 Å². The zero-order chi connectivity index (χ0) is 25.2. The summed E-state index contributed by atoms with van der Waals surface area (Å²) >= 11 is 1.25. The second-order valence-corrected chi connectivity index (χ2v) is 10.1. The molecule has 12 heteroatoms. The Kier molecular flexibility index (Phi) is 9.65. The van der Waals surface area contributed by atoms with Gasteiger partial charge in [0, 0.05) is 9.84 Å². The summed E-state index contributed by atoms with van der Waals surface area (Å²) in [4.78, 5) is 0. The number of alkyl halides is 12. The van der Waals surface area contributed by atoms with Gasteiger partial charge in [-0.25, -0.2) is 4.39 Å². The molecule has 0 N–H and O–H groups in total. The van der Waals surface area contributed by atoms with Gasteiger partial charge in [-0.05, 0) is 6.42 Å². The van der Waals surface area contributed by atoms with Crippen LogP contribution in [-0.4, -0.2) is 39.2 Å². The maximum absolute atomic E-state index is 15.1. The van der Waals surface area contributed by atoms with Crippen LogP contribution in [0.2, 0.25) is 0 Å². The van der Waals surface area contributed by atoms with E-state index >= 15 is 4.39 Å². The number of hydrogen-bond donors (Lipinski definition) is 0. The summed E-state index contributed by atoms with van der Waals surface area (Å²) < 4.78 is 152. The smallest absolute Gasteiger partial charge is 0.230 e. The molecule has 0 heterocycles. The first kappa shape index (κ1) is 30.0. The summed E-state index contributed by atoms with van der Waals surface area (Å²) in [6, 6.07) is 0. The molecule has 0 saturated heterocycles. The van der Waals surface area contributed by atoms with Crippen molar-refractivity contribution in [3.63, 3.8) is 0 Å². The summed E-state index contributed by atoms with van der Waals surface area (Å²) in [7, 11) is 0. The first-order valence-electron chi connectivity index (χ1n) is 10.6. The molecule has 0 nitrogen and oxygen atoms in total. The normalized spacial score (nSPS) is 26.4. The Hall–Kier alpha value is -0.0400. The van der Waals surface area contributed by atoms with Crippen molar-refractivity contribution < 1.29 is 48.3 Å². The molecule has 0 aromatic rings. The summed E-state index contributed by atoms with van der Waals surface area (Å²) in [6.45, 7) is 2.41. The lowest BCUT2D eigenvalue weighted by Crippen LogP contribution is -2.85. The molecular formula is C20H28F11I. The van der Waals surface area contributed by atoms with E-state index in [1.807, 2.05) is 0 Å². The van der Waals surface area contributed by atoms with E-state index < -0.39 is 45.1 Å². The molecule has 0 amide bonds. The first-order valence-corrected chi connectivity index (χ1v) is 11.9. The van der Waals surface area contributed by atoms with Gasteiger partial charge in [0.1, 0.15) is 0 Å². The Balaban J connectivity index is 2.92. The number of unbranched alkanes of at least 4 members (excludes halogenated alkanes) is 8. The van der Waals surface area contributed by atoms with Crippen molar-refractivity contribution in [2.45, 2.75) is 117 Å². The van der Waals surface area contributed by atoms with Crippen molar-refractivity contribution in [2.75, 3.05) is 0 Å².